The topological polar surface area (TPSA) is 61.9 Å². The van der Waals surface area contributed by atoms with Crippen LogP contribution in [0.5, 0.6) is 0 Å². The average Bonchev–Trinajstić information content (AvgIpc) is 3.37. The van der Waals surface area contributed by atoms with Crippen molar-refractivity contribution >= 4 is 29.1 Å². The number of carbonyl (C=O) groups is 2. The molecule has 3 aliphatic rings. The minimum Gasteiger partial charge on any atom is -0.381 e. The molecule has 0 aromatic heterocycles. The Bertz CT molecular complexity index is 821. The summed E-state index contributed by atoms with van der Waals surface area (Å²) in [6.07, 6.45) is 4.56. The van der Waals surface area contributed by atoms with E-state index in [2.05, 4.69) is 22.0 Å². The minimum absolute atomic E-state index is 0.0169. The SMILES string of the molecule is Cc1c(CN2CCN(C(=O)CC3CC3)C(C)C2)cc(Cl)cc1NC(=O)CC1CCOC1. The lowest BCUT2D eigenvalue weighted by Gasteiger charge is -2.40. The van der Waals surface area contributed by atoms with Crippen LogP contribution in [0.15, 0.2) is 12.1 Å². The van der Waals surface area contributed by atoms with Crippen molar-refractivity contribution in [3.05, 3.63) is 28.3 Å². The van der Waals surface area contributed by atoms with Gasteiger partial charge in [0.2, 0.25) is 11.8 Å². The molecule has 2 amide bonds. The van der Waals surface area contributed by atoms with Crippen molar-refractivity contribution in [2.45, 2.75) is 58.5 Å². The van der Waals surface area contributed by atoms with E-state index < -0.39 is 0 Å². The van der Waals surface area contributed by atoms with Crippen molar-refractivity contribution in [3.63, 3.8) is 0 Å². The Balaban J connectivity index is 1.35. The lowest BCUT2D eigenvalue weighted by molar-refractivity contribution is -0.136. The van der Waals surface area contributed by atoms with Crippen LogP contribution >= 0.6 is 11.6 Å². The largest absolute Gasteiger partial charge is 0.381 e. The van der Waals surface area contributed by atoms with Gasteiger partial charge in [0, 0.05) is 69.0 Å². The third kappa shape index (κ3) is 5.99. The van der Waals surface area contributed by atoms with Crippen molar-refractivity contribution < 1.29 is 14.3 Å². The average molecular weight is 448 g/mol. The Morgan fingerprint density at radius 1 is 1.16 bits per heavy atom. The van der Waals surface area contributed by atoms with Gasteiger partial charge in [-0.3, -0.25) is 14.5 Å². The molecule has 7 heteroatoms. The number of nitrogens with one attached hydrogen (secondary N) is 1. The summed E-state index contributed by atoms with van der Waals surface area (Å²) < 4.78 is 5.38. The van der Waals surface area contributed by atoms with Crippen molar-refractivity contribution in [3.8, 4) is 0 Å². The van der Waals surface area contributed by atoms with Crippen LogP contribution in [0, 0.1) is 18.8 Å². The van der Waals surface area contributed by atoms with Gasteiger partial charge in [-0.2, -0.15) is 0 Å². The molecule has 6 nitrogen and oxygen atoms in total. The fraction of sp³-hybridized carbons (Fsp3) is 0.667. The second-order valence-corrected chi connectivity index (χ2v) is 9.97. The predicted octanol–water partition coefficient (Wildman–Crippen LogP) is 3.85. The van der Waals surface area contributed by atoms with Crippen LogP contribution in [-0.2, 0) is 20.9 Å². The first kappa shape index (κ1) is 22.6. The number of hydrogen-bond acceptors (Lipinski definition) is 4. The fourth-order valence-electron chi connectivity index (χ4n) is 4.71. The van der Waals surface area contributed by atoms with Gasteiger partial charge in [-0.1, -0.05) is 11.6 Å². The Labute approximate surface area is 190 Å². The molecule has 0 bridgehead atoms. The van der Waals surface area contributed by atoms with E-state index in [-0.39, 0.29) is 11.9 Å². The molecule has 1 N–H and O–H groups in total. The highest BCUT2D eigenvalue weighted by molar-refractivity contribution is 6.31. The van der Waals surface area contributed by atoms with Gasteiger partial charge in [-0.15, -0.1) is 0 Å². The number of amides is 2. The minimum atomic E-state index is 0.0169. The summed E-state index contributed by atoms with van der Waals surface area (Å²) in [7, 11) is 0. The Morgan fingerprint density at radius 2 is 1.97 bits per heavy atom. The number of benzene rings is 1. The molecule has 31 heavy (non-hydrogen) atoms. The zero-order chi connectivity index (χ0) is 22.0. The summed E-state index contributed by atoms with van der Waals surface area (Å²) in [5, 5.41) is 3.69. The van der Waals surface area contributed by atoms with Crippen molar-refractivity contribution in [2.24, 2.45) is 11.8 Å². The summed E-state index contributed by atoms with van der Waals surface area (Å²) in [5.41, 5.74) is 2.97. The normalized spacial score (nSPS) is 24.4. The van der Waals surface area contributed by atoms with Gasteiger partial charge >= 0.3 is 0 Å². The monoisotopic (exact) mass is 447 g/mol. The second-order valence-electron chi connectivity index (χ2n) is 9.54. The van der Waals surface area contributed by atoms with E-state index in [4.69, 9.17) is 16.3 Å². The summed E-state index contributed by atoms with van der Waals surface area (Å²) in [6.45, 7) is 8.84. The molecule has 1 aromatic rings. The predicted molar refractivity (Wildman–Crippen MR) is 122 cm³/mol. The van der Waals surface area contributed by atoms with E-state index in [9.17, 15) is 9.59 Å². The first-order valence-electron chi connectivity index (χ1n) is 11.6. The maximum absolute atomic E-state index is 12.5. The highest BCUT2D eigenvalue weighted by Crippen LogP contribution is 2.33. The first-order chi connectivity index (χ1) is 14.9. The lowest BCUT2D eigenvalue weighted by Crippen LogP contribution is -2.53. The van der Waals surface area contributed by atoms with Crippen LogP contribution in [-0.4, -0.2) is 60.5 Å². The highest BCUT2D eigenvalue weighted by Gasteiger charge is 2.32. The number of rotatable bonds is 7. The fourth-order valence-corrected chi connectivity index (χ4v) is 4.95. The van der Waals surface area contributed by atoms with E-state index in [0.29, 0.717) is 42.2 Å². The van der Waals surface area contributed by atoms with Crippen LogP contribution < -0.4 is 5.32 Å². The molecule has 4 rings (SSSR count). The van der Waals surface area contributed by atoms with Crippen molar-refractivity contribution in [1.29, 1.82) is 0 Å². The molecule has 2 unspecified atom stereocenters. The van der Waals surface area contributed by atoms with Crippen molar-refractivity contribution in [1.82, 2.24) is 9.80 Å². The summed E-state index contributed by atoms with van der Waals surface area (Å²) >= 11 is 6.40. The molecule has 0 spiro atoms. The Hall–Kier alpha value is -1.63. The maximum atomic E-state index is 12.5. The Morgan fingerprint density at radius 3 is 2.65 bits per heavy atom. The van der Waals surface area contributed by atoms with Crippen LogP contribution in [0.25, 0.3) is 0 Å². The summed E-state index contributed by atoms with van der Waals surface area (Å²) in [6, 6.07) is 4.04. The zero-order valence-corrected chi connectivity index (χ0v) is 19.4. The van der Waals surface area contributed by atoms with Crippen LogP contribution in [0.2, 0.25) is 5.02 Å². The van der Waals surface area contributed by atoms with E-state index in [1.807, 2.05) is 19.1 Å². The summed E-state index contributed by atoms with van der Waals surface area (Å²) in [4.78, 5) is 29.5. The molecule has 2 saturated heterocycles. The zero-order valence-electron chi connectivity index (χ0n) is 18.7. The molecule has 1 aliphatic carbocycles. The Kier molecular flexibility index (Phi) is 7.19. The van der Waals surface area contributed by atoms with Gasteiger partial charge in [0.05, 0.1) is 0 Å². The van der Waals surface area contributed by atoms with E-state index in [0.717, 1.165) is 56.0 Å². The second kappa shape index (κ2) is 9.88. The van der Waals surface area contributed by atoms with Crippen LogP contribution in [0.1, 0.15) is 50.2 Å². The smallest absolute Gasteiger partial charge is 0.224 e. The highest BCUT2D eigenvalue weighted by atomic mass is 35.5. The molecule has 2 heterocycles. The number of ether oxygens (including phenoxy) is 1. The standard InChI is InChI=1S/C24H34ClN3O3/c1-16-13-27(6-7-28(16)24(30)10-18-3-4-18)14-20-11-21(25)12-22(17(20)2)26-23(29)9-19-5-8-31-15-19/h11-12,16,18-19H,3-10,13-15H2,1-2H3,(H,26,29). The van der Waals surface area contributed by atoms with E-state index in [1.54, 1.807) is 0 Å². The van der Waals surface area contributed by atoms with Gasteiger partial charge in [0.25, 0.3) is 0 Å². The molecule has 170 valence electrons. The molecule has 3 fully saturated rings. The third-order valence-corrected chi connectivity index (χ3v) is 7.06. The van der Waals surface area contributed by atoms with Gasteiger partial charge in [-0.25, -0.2) is 0 Å². The van der Waals surface area contributed by atoms with Gasteiger partial charge in [0.15, 0.2) is 0 Å². The molecule has 2 atom stereocenters. The number of halogens is 1. The summed E-state index contributed by atoms with van der Waals surface area (Å²) in [5.74, 6) is 1.26. The number of anilines is 1. The van der Waals surface area contributed by atoms with Crippen LogP contribution in [0.4, 0.5) is 5.69 Å². The van der Waals surface area contributed by atoms with E-state index in [1.165, 1.54) is 12.8 Å². The maximum Gasteiger partial charge on any atom is 0.224 e. The molecule has 2 aliphatic heterocycles. The molecule has 1 saturated carbocycles. The molecule has 1 aromatic carbocycles. The third-order valence-electron chi connectivity index (χ3n) is 6.84. The van der Waals surface area contributed by atoms with E-state index >= 15 is 0 Å². The van der Waals surface area contributed by atoms with Crippen molar-refractivity contribution in [2.75, 3.05) is 38.2 Å². The quantitative estimate of drug-likeness (QED) is 0.689. The lowest BCUT2D eigenvalue weighted by atomic mass is 10.0. The number of nitrogens with zero attached hydrogens (tertiary/aromatic N) is 2. The molecular weight excluding hydrogens is 414 g/mol. The number of carbonyl (C=O) groups excluding carboxylic acids is 2. The number of piperazine rings is 1. The van der Waals surface area contributed by atoms with Gasteiger partial charge in [0.1, 0.15) is 0 Å². The van der Waals surface area contributed by atoms with Gasteiger partial charge < -0.3 is 15.0 Å². The molecule has 0 radical (unpaired) electrons. The first-order valence-corrected chi connectivity index (χ1v) is 11.9. The van der Waals surface area contributed by atoms with Crippen LogP contribution in [0.3, 0.4) is 0 Å². The molecular formula is C24H34ClN3O3. The number of hydrogen-bond donors (Lipinski definition) is 1. The van der Waals surface area contributed by atoms with Gasteiger partial charge in [-0.05, 0) is 68.2 Å².